The number of hydrogen-bond donors (Lipinski definition) is 0. The molecule has 26 heavy (non-hydrogen) atoms. The van der Waals surface area contributed by atoms with Crippen LogP contribution in [0.5, 0.6) is 5.75 Å². The molecule has 0 aliphatic carbocycles. The lowest BCUT2D eigenvalue weighted by Crippen LogP contribution is -2.14. The lowest BCUT2D eigenvalue weighted by atomic mass is 10.2. The Morgan fingerprint density at radius 1 is 0.769 bits per heavy atom. The van der Waals surface area contributed by atoms with Crippen molar-refractivity contribution in [3.8, 4) is 5.75 Å². The molecule has 138 valence electrons. The average Bonchev–Trinajstić information content (AvgIpc) is 2.70. The first-order valence-corrected chi connectivity index (χ1v) is 8.35. The van der Waals surface area contributed by atoms with Crippen molar-refractivity contribution < 1.29 is 28.5 Å². The Morgan fingerprint density at radius 2 is 1.38 bits per heavy atom. The fourth-order valence-electron chi connectivity index (χ4n) is 2.03. The van der Waals surface area contributed by atoms with Crippen molar-refractivity contribution in [1.29, 1.82) is 0 Å². The predicted molar refractivity (Wildman–Crippen MR) is 95.7 cm³/mol. The normalized spacial score (nSPS) is 10.3. The van der Waals surface area contributed by atoms with Crippen molar-refractivity contribution in [1.82, 2.24) is 0 Å². The molecule has 0 bridgehead atoms. The summed E-state index contributed by atoms with van der Waals surface area (Å²) < 4.78 is 21.3. The van der Waals surface area contributed by atoms with Crippen LogP contribution in [-0.4, -0.2) is 51.9 Å². The van der Waals surface area contributed by atoms with E-state index in [0.29, 0.717) is 49.9 Å². The molecular weight excluding hydrogens is 336 g/mol. The molecule has 6 nitrogen and oxygen atoms in total. The van der Waals surface area contributed by atoms with Crippen LogP contribution in [0.15, 0.2) is 54.6 Å². The fourth-order valence-corrected chi connectivity index (χ4v) is 2.03. The summed E-state index contributed by atoms with van der Waals surface area (Å²) in [6.07, 6.45) is 0.787. The number of ether oxygens (including phenoxy) is 4. The zero-order chi connectivity index (χ0) is 18.5. The first-order valence-electron chi connectivity index (χ1n) is 8.35. The lowest BCUT2D eigenvalue weighted by Gasteiger charge is -2.08. The number of carbonyl (C=O) groups excluding carboxylic acids is 2. The van der Waals surface area contributed by atoms with E-state index in [0.717, 1.165) is 6.29 Å². The van der Waals surface area contributed by atoms with Crippen molar-refractivity contribution in [2.45, 2.75) is 0 Å². The molecule has 0 heterocycles. The van der Waals surface area contributed by atoms with Gasteiger partial charge in [0.05, 0.1) is 32.0 Å². The summed E-state index contributed by atoms with van der Waals surface area (Å²) in [7, 11) is 0. The molecule has 0 aliphatic heterocycles. The van der Waals surface area contributed by atoms with Gasteiger partial charge in [0, 0.05) is 5.56 Å². The number of aldehydes is 1. The average molecular weight is 358 g/mol. The molecule has 0 aliphatic rings. The lowest BCUT2D eigenvalue weighted by molar-refractivity contribution is 0.0106. The van der Waals surface area contributed by atoms with Crippen molar-refractivity contribution >= 4 is 12.3 Å². The zero-order valence-electron chi connectivity index (χ0n) is 14.5. The summed E-state index contributed by atoms with van der Waals surface area (Å²) in [6.45, 7) is 2.21. The van der Waals surface area contributed by atoms with Crippen LogP contribution in [-0.2, 0) is 14.2 Å². The van der Waals surface area contributed by atoms with Crippen molar-refractivity contribution in [3.63, 3.8) is 0 Å². The molecule has 2 aromatic rings. The van der Waals surface area contributed by atoms with Crippen LogP contribution in [0.2, 0.25) is 0 Å². The Labute approximate surface area is 152 Å². The summed E-state index contributed by atoms with van der Waals surface area (Å²) >= 11 is 0. The third-order valence-corrected chi connectivity index (χ3v) is 3.35. The minimum absolute atomic E-state index is 0.202. The highest BCUT2D eigenvalue weighted by Gasteiger charge is 2.04. The third-order valence-electron chi connectivity index (χ3n) is 3.35. The molecule has 2 aromatic carbocycles. The molecule has 0 saturated carbocycles. The minimum atomic E-state index is -0.358. The molecule has 0 N–H and O–H groups in total. The highest BCUT2D eigenvalue weighted by atomic mass is 16.6. The first kappa shape index (κ1) is 19.6. The largest absolute Gasteiger partial charge is 0.491 e. The van der Waals surface area contributed by atoms with Gasteiger partial charge in [-0.25, -0.2) is 4.79 Å². The van der Waals surface area contributed by atoms with Crippen LogP contribution >= 0.6 is 0 Å². The van der Waals surface area contributed by atoms with Gasteiger partial charge in [-0.05, 0) is 36.4 Å². The van der Waals surface area contributed by atoms with Crippen LogP contribution in [0.4, 0.5) is 0 Å². The monoisotopic (exact) mass is 358 g/mol. The second-order valence-electron chi connectivity index (χ2n) is 5.26. The summed E-state index contributed by atoms with van der Waals surface area (Å²) in [6, 6.07) is 15.7. The maximum atomic E-state index is 11.7. The number of benzene rings is 2. The van der Waals surface area contributed by atoms with E-state index in [1.807, 2.05) is 6.07 Å². The number of hydrogen-bond acceptors (Lipinski definition) is 6. The first-order chi connectivity index (χ1) is 12.8. The van der Waals surface area contributed by atoms with Crippen LogP contribution in [0.25, 0.3) is 0 Å². The van der Waals surface area contributed by atoms with Gasteiger partial charge in [0.25, 0.3) is 0 Å². The van der Waals surface area contributed by atoms with Gasteiger partial charge in [0.2, 0.25) is 0 Å². The van der Waals surface area contributed by atoms with Crippen LogP contribution in [0.1, 0.15) is 20.7 Å². The number of rotatable bonds is 12. The van der Waals surface area contributed by atoms with Gasteiger partial charge in [-0.3, -0.25) is 4.79 Å². The van der Waals surface area contributed by atoms with E-state index in [1.165, 1.54) is 0 Å². The number of carbonyl (C=O) groups is 2. The highest BCUT2D eigenvalue weighted by molar-refractivity contribution is 5.89. The fraction of sp³-hybridized carbons (Fsp3) is 0.300. The van der Waals surface area contributed by atoms with Crippen LogP contribution < -0.4 is 4.74 Å². The molecule has 0 amide bonds. The molecule has 0 unspecified atom stereocenters. The molecule has 0 saturated heterocycles. The smallest absolute Gasteiger partial charge is 0.338 e. The topological polar surface area (TPSA) is 71.1 Å². The van der Waals surface area contributed by atoms with Crippen LogP contribution in [0, 0.1) is 0 Å². The summed E-state index contributed by atoms with van der Waals surface area (Å²) in [4.78, 5) is 22.2. The van der Waals surface area contributed by atoms with Gasteiger partial charge in [0.1, 0.15) is 25.2 Å². The van der Waals surface area contributed by atoms with E-state index in [1.54, 1.807) is 48.5 Å². The summed E-state index contributed by atoms with van der Waals surface area (Å²) in [5, 5.41) is 0. The van der Waals surface area contributed by atoms with Gasteiger partial charge < -0.3 is 18.9 Å². The molecule has 6 heteroatoms. The SMILES string of the molecule is O=Cc1ccc(OCCOCCOCCOC(=O)c2ccccc2)cc1. The van der Waals surface area contributed by atoms with Crippen molar-refractivity contribution in [2.24, 2.45) is 0 Å². The molecule has 0 fully saturated rings. The quantitative estimate of drug-likeness (QED) is 0.330. The van der Waals surface area contributed by atoms with Gasteiger partial charge in [0.15, 0.2) is 0 Å². The predicted octanol–water partition coefficient (Wildman–Crippen LogP) is 2.77. The zero-order valence-corrected chi connectivity index (χ0v) is 14.5. The van der Waals surface area contributed by atoms with E-state index in [9.17, 15) is 9.59 Å². The van der Waals surface area contributed by atoms with Gasteiger partial charge in [-0.2, -0.15) is 0 Å². The maximum Gasteiger partial charge on any atom is 0.338 e. The van der Waals surface area contributed by atoms with Crippen LogP contribution in [0.3, 0.4) is 0 Å². The van der Waals surface area contributed by atoms with Gasteiger partial charge >= 0.3 is 5.97 Å². The van der Waals surface area contributed by atoms with E-state index in [4.69, 9.17) is 18.9 Å². The number of esters is 1. The molecule has 2 rings (SSSR count). The molecule has 0 aromatic heterocycles. The molecule has 0 spiro atoms. The second kappa shape index (κ2) is 11.8. The van der Waals surface area contributed by atoms with Gasteiger partial charge in [-0.15, -0.1) is 0 Å². The Hall–Kier alpha value is -2.70. The molecule has 0 radical (unpaired) electrons. The van der Waals surface area contributed by atoms with Crippen molar-refractivity contribution in [2.75, 3.05) is 39.6 Å². The summed E-state index contributed by atoms with van der Waals surface area (Å²) in [5.74, 6) is 0.333. The standard InChI is InChI=1S/C20H22O6/c21-16-17-6-8-19(9-7-17)25-14-12-23-10-11-24-13-15-26-20(22)18-4-2-1-3-5-18/h1-9,16H,10-15H2. The molecule has 0 atom stereocenters. The Balaban J connectivity index is 1.42. The van der Waals surface area contributed by atoms with Gasteiger partial charge in [-0.1, -0.05) is 18.2 Å². The Bertz CT molecular complexity index is 654. The maximum absolute atomic E-state index is 11.7. The van der Waals surface area contributed by atoms with Crippen molar-refractivity contribution in [3.05, 3.63) is 65.7 Å². The van der Waals surface area contributed by atoms with E-state index in [2.05, 4.69) is 0 Å². The molecular formula is C20H22O6. The Morgan fingerprint density at radius 3 is 2.04 bits per heavy atom. The third kappa shape index (κ3) is 7.46. The highest BCUT2D eigenvalue weighted by Crippen LogP contribution is 2.10. The Kier molecular flexibility index (Phi) is 8.89. The van der Waals surface area contributed by atoms with E-state index < -0.39 is 0 Å². The minimum Gasteiger partial charge on any atom is -0.491 e. The second-order valence-corrected chi connectivity index (χ2v) is 5.26. The van der Waals surface area contributed by atoms with E-state index >= 15 is 0 Å². The van der Waals surface area contributed by atoms with E-state index in [-0.39, 0.29) is 12.6 Å². The summed E-state index contributed by atoms with van der Waals surface area (Å²) in [5.41, 5.74) is 1.14.